The number of halogens is 1. The molecule has 0 saturated heterocycles. The Morgan fingerprint density at radius 1 is 1.29 bits per heavy atom. The van der Waals surface area contributed by atoms with Gasteiger partial charge in [-0.2, -0.15) is 0 Å². The van der Waals surface area contributed by atoms with Crippen molar-refractivity contribution < 1.29 is 13.9 Å². The quantitative estimate of drug-likeness (QED) is 0.817. The third-order valence-electron chi connectivity index (χ3n) is 3.91. The summed E-state index contributed by atoms with van der Waals surface area (Å²) in [6.45, 7) is 1.43. The van der Waals surface area contributed by atoms with Gasteiger partial charge in [0.2, 0.25) is 5.91 Å². The molecule has 126 valence electrons. The van der Waals surface area contributed by atoms with Crippen LogP contribution in [0.5, 0.6) is 5.75 Å². The second-order valence-electron chi connectivity index (χ2n) is 5.50. The Balaban J connectivity index is 1.60. The average molecular weight is 346 g/mol. The van der Waals surface area contributed by atoms with Crippen LogP contribution in [-0.2, 0) is 17.8 Å². The smallest absolute Gasteiger partial charge is 0.234 e. The standard InChI is InChI=1S/C18H19FN2O2S/c1-23-13-3-5-14(6-4-13)24-11-17(22)21-16-7-2-12-10-20-9-8-15(12)18(16)19/h2-7,20H,8-11H2,1H3,(H,21,22). The number of ether oxygens (including phenoxy) is 1. The van der Waals surface area contributed by atoms with Crippen LogP contribution in [0.4, 0.5) is 10.1 Å². The number of hydrogen-bond acceptors (Lipinski definition) is 4. The van der Waals surface area contributed by atoms with E-state index < -0.39 is 0 Å². The van der Waals surface area contributed by atoms with Crippen molar-refractivity contribution in [1.29, 1.82) is 0 Å². The molecule has 0 radical (unpaired) electrons. The molecule has 1 aliphatic rings. The molecule has 2 aromatic carbocycles. The summed E-state index contributed by atoms with van der Waals surface area (Å²) >= 11 is 1.40. The number of nitrogens with one attached hydrogen (secondary N) is 2. The second kappa shape index (κ2) is 7.68. The molecule has 0 unspecified atom stereocenters. The van der Waals surface area contributed by atoms with Crippen molar-refractivity contribution in [3.63, 3.8) is 0 Å². The lowest BCUT2D eigenvalue weighted by molar-refractivity contribution is -0.113. The largest absolute Gasteiger partial charge is 0.497 e. The Labute approximate surface area is 144 Å². The third-order valence-corrected chi connectivity index (χ3v) is 4.92. The van der Waals surface area contributed by atoms with Crippen molar-refractivity contribution in [2.75, 3.05) is 24.7 Å². The number of benzene rings is 2. The molecule has 3 rings (SSSR count). The molecule has 0 aromatic heterocycles. The van der Waals surface area contributed by atoms with Crippen LogP contribution in [-0.4, -0.2) is 25.3 Å². The number of hydrogen-bond donors (Lipinski definition) is 2. The van der Waals surface area contributed by atoms with E-state index in [1.54, 1.807) is 13.2 Å². The maximum absolute atomic E-state index is 14.5. The number of carbonyl (C=O) groups is 1. The van der Waals surface area contributed by atoms with Gasteiger partial charge in [-0.05, 0) is 54.4 Å². The number of rotatable bonds is 5. The van der Waals surface area contributed by atoms with Crippen LogP contribution in [0.15, 0.2) is 41.3 Å². The highest BCUT2D eigenvalue weighted by Gasteiger charge is 2.17. The summed E-state index contributed by atoms with van der Waals surface area (Å²) in [7, 11) is 1.61. The van der Waals surface area contributed by atoms with E-state index in [0.29, 0.717) is 18.5 Å². The molecular weight excluding hydrogens is 327 g/mol. The summed E-state index contributed by atoms with van der Waals surface area (Å²) in [4.78, 5) is 13.1. The van der Waals surface area contributed by atoms with Crippen molar-refractivity contribution in [2.45, 2.75) is 17.9 Å². The topological polar surface area (TPSA) is 50.4 Å². The van der Waals surface area contributed by atoms with Crippen molar-refractivity contribution in [2.24, 2.45) is 0 Å². The lowest BCUT2D eigenvalue weighted by Gasteiger charge is -2.19. The predicted molar refractivity (Wildman–Crippen MR) is 94.2 cm³/mol. The number of anilines is 1. The lowest BCUT2D eigenvalue weighted by Crippen LogP contribution is -2.25. The van der Waals surface area contributed by atoms with Crippen LogP contribution in [0.1, 0.15) is 11.1 Å². The Morgan fingerprint density at radius 3 is 2.83 bits per heavy atom. The molecule has 0 bridgehead atoms. The number of carbonyl (C=O) groups excluding carboxylic acids is 1. The van der Waals surface area contributed by atoms with Gasteiger partial charge in [-0.15, -0.1) is 11.8 Å². The van der Waals surface area contributed by atoms with Crippen molar-refractivity contribution in [1.82, 2.24) is 5.32 Å². The fourth-order valence-corrected chi connectivity index (χ4v) is 3.34. The van der Waals surface area contributed by atoms with E-state index >= 15 is 0 Å². The monoisotopic (exact) mass is 346 g/mol. The van der Waals surface area contributed by atoms with Gasteiger partial charge in [0.05, 0.1) is 18.6 Å². The van der Waals surface area contributed by atoms with Gasteiger partial charge in [0.25, 0.3) is 0 Å². The SMILES string of the molecule is COc1ccc(SCC(=O)Nc2ccc3c(c2F)CCNC3)cc1. The first kappa shape index (κ1) is 16.8. The third kappa shape index (κ3) is 3.88. The van der Waals surface area contributed by atoms with Crippen molar-refractivity contribution in [3.05, 3.63) is 53.3 Å². The van der Waals surface area contributed by atoms with Crippen molar-refractivity contribution in [3.8, 4) is 5.75 Å². The molecule has 0 aliphatic carbocycles. The van der Waals surface area contributed by atoms with Gasteiger partial charge in [0.1, 0.15) is 11.6 Å². The molecule has 1 amide bonds. The zero-order chi connectivity index (χ0) is 16.9. The molecule has 0 atom stereocenters. The minimum atomic E-state index is -0.309. The molecule has 1 aliphatic heterocycles. The minimum Gasteiger partial charge on any atom is -0.497 e. The summed E-state index contributed by atoms with van der Waals surface area (Å²) in [5.41, 5.74) is 1.93. The zero-order valence-electron chi connectivity index (χ0n) is 13.4. The second-order valence-corrected chi connectivity index (χ2v) is 6.55. The summed E-state index contributed by atoms with van der Waals surface area (Å²) < 4.78 is 19.6. The molecule has 24 heavy (non-hydrogen) atoms. The van der Waals surface area contributed by atoms with Gasteiger partial charge < -0.3 is 15.4 Å². The first-order valence-electron chi connectivity index (χ1n) is 7.75. The summed E-state index contributed by atoms with van der Waals surface area (Å²) in [5, 5.41) is 5.88. The predicted octanol–water partition coefficient (Wildman–Crippen LogP) is 3.21. The van der Waals surface area contributed by atoms with Gasteiger partial charge in [-0.1, -0.05) is 6.07 Å². The average Bonchev–Trinajstić information content (AvgIpc) is 2.63. The molecule has 4 nitrogen and oxygen atoms in total. The Kier molecular flexibility index (Phi) is 5.37. The molecule has 0 saturated carbocycles. The lowest BCUT2D eigenvalue weighted by atomic mass is 9.99. The summed E-state index contributed by atoms with van der Waals surface area (Å²) in [6.07, 6.45) is 0.644. The van der Waals surface area contributed by atoms with E-state index in [2.05, 4.69) is 10.6 Å². The number of thioether (sulfide) groups is 1. The van der Waals surface area contributed by atoms with Gasteiger partial charge in [0.15, 0.2) is 0 Å². The fraction of sp³-hybridized carbons (Fsp3) is 0.278. The number of fused-ring (bicyclic) bond motifs is 1. The molecule has 1 heterocycles. The Morgan fingerprint density at radius 2 is 2.08 bits per heavy atom. The van der Waals surface area contributed by atoms with Gasteiger partial charge >= 0.3 is 0 Å². The highest BCUT2D eigenvalue weighted by atomic mass is 32.2. The first-order valence-corrected chi connectivity index (χ1v) is 8.73. The van der Waals surface area contributed by atoms with E-state index in [0.717, 1.165) is 22.8 Å². The maximum Gasteiger partial charge on any atom is 0.234 e. The van der Waals surface area contributed by atoms with E-state index in [1.807, 2.05) is 30.3 Å². The van der Waals surface area contributed by atoms with Crippen LogP contribution >= 0.6 is 11.8 Å². The maximum atomic E-state index is 14.5. The van der Waals surface area contributed by atoms with Crippen LogP contribution in [0.3, 0.4) is 0 Å². The first-order chi connectivity index (χ1) is 11.7. The fourth-order valence-electron chi connectivity index (χ4n) is 2.64. The minimum absolute atomic E-state index is 0.219. The number of amides is 1. The van der Waals surface area contributed by atoms with Crippen LogP contribution in [0, 0.1) is 5.82 Å². The number of methoxy groups -OCH3 is 1. The molecule has 2 N–H and O–H groups in total. The highest BCUT2D eigenvalue weighted by Crippen LogP contribution is 2.25. The summed E-state index contributed by atoms with van der Waals surface area (Å²) in [5.74, 6) is 0.472. The van der Waals surface area contributed by atoms with Crippen LogP contribution in [0.2, 0.25) is 0 Å². The Bertz CT molecular complexity index is 735. The molecule has 2 aromatic rings. The molecular formula is C18H19FN2O2S. The van der Waals surface area contributed by atoms with Crippen molar-refractivity contribution >= 4 is 23.4 Å². The van der Waals surface area contributed by atoms with E-state index in [9.17, 15) is 9.18 Å². The van der Waals surface area contributed by atoms with Crippen LogP contribution < -0.4 is 15.4 Å². The van der Waals surface area contributed by atoms with E-state index in [4.69, 9.17) is 4.74 Å². The van der Waals surface area contributed by atoms with Gasteiger partial charge in [0, 0.05) is 11.4 Å². The van der Waals surface area contributed by atoms with Gasteiger partial charge in [-0.25, -0.2) is 4.39 Å². The van der Waals surface area contributed by atoms with Crippen LogP contribution in [0.25, 0.3) is 0 Å². The molecule has 0 fully saturated rings. The summed E-state index contributed by atoms with van der Waals surface area (Å²) in [6, 6.07) is 11.0. The van der Waals surface area contributed by atoms with E-state index in [-0.39, 0.29) is 23.2 Å². The molecule has 0 spiro atoms. The van der Waals surface area contributed by atoms with Gasteiger partial charge in [-0.3, -0.25) is 4.79 Å². The molecule has 6 heteroatoms. The Hall–Kier alpha value is -2.05. The highest BCUT2D eigenvalue weighted by molar-refractivity contribution is 8.00. The normalized spacial score (nSPS) is 13.2. The van der Waals surface area contributed by atoms with E-state index in [1.165, 1.54) is 11.8 Å². The zero-order valence-corrected chi connectivity index (χ0v) is 14.2.